The Hall–Kier alpha value is -3.11. The topological polar surface area (TPSA) is 113 Å². The summed E-state index contributed by atoms with van der Waals surface area (Å²) in [6.45, 7) is 0. The van der Waals surface area contributed by atoms with Crippen molar-refractivity contribution in [2.45, 2.75) is 51.1 Å². The number of halogens is 3. The van der Waals surface area contributed by atoms with Crippen molar-refractivity contribution in [3.05, 3.63) is 24.1 Å². The molecule has 3 amide bonds. The molecule has 0 spiro atoms. The molecule has 3 rings (SSSR count). The molecule has 162 valence electrons. The second-order valence-corrected chi connectivity index (χ2v) is 7.20. The average molecular weight is 426 g/mol. The molecule has 8 nitrogen and oxygen atoms in total. The molecule has 0 saturated heterocycles. The third-order valence-corrected chi connectivity index (χ3v) is 4.91. The van der Waals surface area contributed by atoms with Crippen molar-refractivity contribution >= 4 is 34.5 Å². The van der Waals surface area contributed by atoms with E-state index in [4.69, 9.17) is 0 Å². The van der Waals surface area contributed by atoms with Crippen LogP contribution in [0, 0.1) is 5.92 Å². The fourth-order valence-electron chi connectivity index (χ4n) is 3.37. The fourth-order valence-corrected chi connectivity index (χ4v) is 3.37. The Morgan fingerprint density at radius 1 is 1.07 bits per heavy atom. The van der Waals surface area contributed by atoms with Crippen molar-refractivity contribution in [1.29, 1.82) is 0 Å². The molecule has 0 bridgehead atoms. The number of hydrogen-bond acceptors (Lipinski definition) is 5. The Morgan fingerprint density at radius 3 is 2.50 bits per heavy atom. The van der Waals surface area contributed by atoms with Crippen LogP contribution in [-0.2, 0) is 20.6 Å². The van der Waals surface area contributed by atoms with Crippen molar-refractivity contribution < 1.29 is 32.0 Å². The smallest absolute Gasteiger partial charge is 0.433 e. The predicted molar refractivity (Wildman–Crippen MR) is 99.7 cm³/mol. The van der Waals surface area contributed by atoms with E-state index in [9.17, 15) is 27.6 Å². The van der Waals surface area contributed by atoms with E-state index in [0.717, 1.165) is 25.3 Å². The first-order valence-electron chi connectivity index (χ1n) is 9.60. The number of fused-ring (bicyclic) bond motifs is 1. The van der Waals surface area contributed by atoms with Gasteiger partial charge in [0.1, 0.15) is 5.52 Å². The number of carbonyl (C=O) groups excluding carboxylic acids is 3. The summed E-state index contributed by atoms with van der Waals surface area (Å²) in [5, 5.41) is 2.22. The number of aromatic nitrogens is 1. The van der Waals surface area contributed by atoms with Crippen LogP contribution in [-0.4, -0.2) is 22.7 Å². The number of hydrogen-bond donors (Lipinski definition) is 3. The molecule has 1 heterocycles. The second kappa shape index (κ2) is 9.14. The highest BCUT2D eigenvalue weighted by Gasteiger charge is 2.37. The second-order valence-electron chi connectivity index (χ2n) is 7.20. The molecule has 0 atom stereocenters. The lowest BCUT2D eigenvalue weighted by molar-refractivity contribution is -0.156. The van der Waals surface area contributed by atoms with Crippen LogP contribution in [0.2, 0.25) is 0 Å². The largest absolute Gasteiger partial charge is 0.468 e. The van der Waals surface area contributed by atoms with Crippen LogP contribution in [0.1, 0.15) is 50.8 Å². The minimum Gasteiger partial charge on any atom is -0.433 e. The molecule has 3 N–H and O–H groups in total. The lowest BCUT2D eigenvalue weighted by Crippen LogP contribution is -2.46. The molecule has 1 aliphatic rings. The zero-order valence-electron chi connectivity index (χ0n) is 16.0. The maximum absolute atomic E-state index is 12.6. The highest BCUT2D eigenvalue weighted by Crippen LogP contribution is 2.32. The number of nitrogens with zero attached hydrogens (tertiary/aromatic N) is 1. The fraction of sp³-hybridized carbons (Fsp3) is 0.474. The van der Waals surface area contributed by atoms with Gasteiger partial charge < -0.3 is 9.73 Å². The van der Waals surface area contributed by atoms with Gasteiger partial charge in [-0.2, -0.15) is 13.2 Å². The number of hydrazine groups is 1. The molecule has 1 fully saturated rings. The highest BCUT2D eigenvalue weighted by atomic mass is 19.4. The normalized spacial score (nSPS) is 15.0. The maximum Gasteiger partial charge on any atom is 0.468 e. The van der Waals surface area contributed by atoms with Crippen LogP contribution < -0.4 is 16.2 Å². The molecular formula is C19H21F3N4O4. The van der Waals surface area contributed by atoms with Gasteiger partial charge in [-0.25, -0.2) is 4.98 Å². The van der Waals surface area contributed by atoms with E-state index >= 15 is 0 Å². The zero-order valence-corrected chi connectivity index (χ0v) is 16.0. The monoisotopic (exact) mass is 426 g/mol. The van der Waals surface area contributed by atoms with Gasteiger partial charge in [-0.05, 0) is 30.5 Å². The van der Waals surface area contributed by atoms with Gasteiger partial charge in [0.25, 0.3) is 0 Å². The van der Waals surface area contributed by atoms with E-state index < -0.39 is 29.8 Å². The number of oxazole rings is 1. The van der Waals surface area contributed by atoms with Crippen molar-refractivity contribution in [3.8, 4) is 0 Å². The van der Waals surface area contributed by atoms with Crippen molar-refractivity contribution in [2.24, 2.45) is 5.92 Å². The standard InChI is InChI=1S/C19H21F3N4O4/c20-19(21,22)18-24-13-10-12(7-8-14(13)30-18)23-16(28)17(29)26-25-15(27)9-6-11-4-2-1-3-5-11/h7-8,10-11H,1-6,9H2,(H,23,28)(H,25,27)(H,26,29). The van der Waals surface area contributed by atoms with Crippen molar-refractivity contribution in [1.82, 2.24) is 15.8 Å². The first-order valence-corrected chi connectivity index (χ1v) is 9.60. The van der Waals surface area contributed by atoms with E-state index in [0.29, 0.717) is 5.92 Å². The lowest BCUT2D eigenvalue weighted by atomic mass is 9.86. The molecule has 0 radical (unpaired) electrons. The lowest BCUT2D eigenvalue weighted by Gasteiger charge is -2.20. The third-order valence-electron chi connectivity index (χ3n) is 4.91. The molecular weight excluding hydrogens is 405 g/mol. The van der Waals surface area contributed by atoms with E-state index in [1.807, 2.05) is 5.43 Å². The van der Waals surface area contributed by atoms with Crippen molar-refractivity contribution in [2.75, 3.05) is 5.32 Å². The Labute approximate surface area is 169 Å². The third kappa shape index (κ3) is 5.71. The summed E-state index contributed by atoms with van der Waals surface area (Å²) in [4.78, 5) is 38.9. The van der Waals surface area contributed by atoms with Crippen LogP contribution in [0.5, 0.6) is 0 Å². The van der Waals surface area contributed by atoms with E-state index in [2.05, 4.69) is 20.1 Å². The summed E-state index contributed by atoms with van der Waals surface area (Å²) < 4.78 is 42.5. The summed E-state index contributed by atoms with van der Waals surface area (Å²) in [5.74, 6) is -3.51. The van der Waals surface area contributed by atoms with Crippen LogP contribution in [0.3, 0.4) is 0 Å². The van der Waals surface area contributed by atoms with Crippen LogP contribution >= 0.6 is 0 Å². The molecule has 1 saturated carbocycles. The van der Waals surface area contributed by atoms with Gasteiger partial charge in [-0.1, -0.05) is 32.1 Å². The number of carbonyl (C=O) groups is 3. The molecule has 0 unspecified atom stereocenters. The highest BCUT2D eigenvalue weighted by molar-refractivity contribution is 6.39. The van der Waals surface area contributed by atoms with Crippen LogP contribution in [0.25, 0.3) is 11.1 Å². The summed E-state index contributed by atoms with van der Waals surface area (Å²) in [6.07, 6.45) is 1.99. The minimum atomic E-state index is -4.74. The average Bonchev–Trinajstić information content (AvgIpc) is 3.15. The van der Waals surface area contributed by atoms with Gasteiger partial charge in [-0.15, -0.1) is 0 Å². The van der Waals surface area contributed by atoms with Crippen molar-refractivity contribution in [3.63, 3.8) is 0 Å². The van der Waals surface area contributed by atoms with Gasteiger partial charge in [0, 0.05) is 12.1 Å². The molecule has 11 heteroatoms. The number of rotatable bonds is 4. The van der Waals surface area contributed by atoms with Gasteiger partial charge in [-0.3, -0.25) is 25.2 Å². The van der Waals surface area contributed by atoms with E-state index in [1.54, 1.807) is 0 Å². The van der Waals surface area contributed by atoms with Crippen LogP contribution in [0.4, 0.5) is 18.9 Å². The molecule has 1 aromatic carbocycles. The molecule has 1 aromatic heterocycles. The van der Waals surface area contributed by atoms with Crippen LogP contribution in [0.15, 0.2) is 22.6 Å². The summed E-state index contributed by atoms with van der Waals surface area (Å²) in [5.41, 5.74) is 4.01. The molecule has 1 aliphatic carbocycles. The minimum absolute atomic E-state index is 0.0494. The number of amides is 3. The Balaban J connectivity index is 1.47. The SMILES string of the molecule is O=C(CCC1CCCCC1)NNC(=O)C(=O)Nc1ccc2oc(C(F)(F)F)nc2c1. The summed E-state index contributed by atoms with van der Waals surface area (Å²) in [7, 11) is 0. The first kappa shape index (κ1) is 21.6. The number of nitrogens with one attached hydrogen (secondary N) is 3. The predicted octanol–water partition coefficient (Wildman–Crippen LogP) is 3.29. The zero-order chi connectivity index (χ0) is 21.7. The first-order chi connectivity index (χ1) is 14.2. The van der Waals surface area contributed by atoms with Gasteiger partial charge in [0.2, 0.25) is 5.91 Å². The van der Waals surface area contributed by atoms with Gasteiger partial charge in [0.05, 0.1) is 0 Å². The Kier molecular flexibility index (Phi) is 6.58. The quantitative estimate of drug-likeness (QED) is 0.513. The molecule has 30 heavy (non-hydrogen) atoms. The number of benzene rings is 1. The maximum atomic E-state index is 12.6. The van der Waals surface area contributed by atoms with Gasteiger partial charge >= 0.3 is 23.9 Å². The molecule has 2 aromatic rings. The molecule has 0 aliphatic heterocycles. The summed E-state index contributed by atoms with van der Waals surface area (Å²) in [6, 6.07) is 3.60. The Bertz CT molecular complexity index is 935. The Morgan fingerprint density at radius 2 is 1.80 bits per heavy atom. The number of alkyl halides is 3. The number of anilines is 1. The summed E-state index contributed by atoms with van der Waals surface area (Å²) >= 11 is 0. The van der Waals surface area contributed by atoms with Gasteiger partial charge in [0.15, 0.2) is 5.58 Å². The van der Waals surface area contributed by atoms with E-state index in [-0.39, 0.29) is 23.2 Å². The van der Waals surface area contributed by atoms with E-state index in [1.165, 1.54) is 31.4 Å².